The topological polar surface area (TPSA) is 64.6 Å². The summed E-state index contributed by atoms with van der Waals surface area (Å²) >= 11 is 0. The standard InChI is InChI=1S/C17H27N3O2/c1-12(2)20(3)15-8-5-7-14(10-15)19-17(22)18-11-13-6-4-9-16(13)21/h5,7-8,10,12-13,16,21H,4,6,9,11H2,1-3H3,(H2,18,19,22)/t13-,16+/m1/s1. The van der Waals surface area contributed by atoms with Crippen LogP contribution in [0.2, 0.25) is 0 Å². The van der Waals surface area contributed by atoms with Crippen LogP contribution in [-0.4, -0.2) is 36.9 Å². The van der Waals surface area contributed by atoms with E-state index < -0.39 is 0 Å². The number of aliphatic hydroxyl groups is 1. The molecular weight excluding hydrogens is 278 g/mol. The zero-order chi connectivity index (χ0) is 16.1. The maximum atomic E-state index is 12.0. The van der Waals surface area contributed by atoms with Crippen LogP contribution < -0.4 is 15.5 Å². The summed E-state index contributed by atoms with van der Waals surface area (Å²) in [6, 6.07) is 7.98. The van der Waals surface area contributed by atoms with Gasteiger partial charge in [0, 0.05) is 36.9 Å². The SMILES string of the molecule is CC(C)N(C)c1cccc(NC(=O)NC[C@H]2CCC[C@@H]2O)c1. The molecule has 0 bridgehead atoms. The Morgan fingerprint density at radius 2 is 2.18 bits per heavy atom. The summed E-state index contributed by atoms with van der Waals surface area (Å²) in [6.45, 7) is 4.78. The Labute approximate surface area is 132 Å². The molecular formula is C17H27N3O2. The van der Waals surface area contributed by atoms with Crippen LogP contribution in [0.4, 0.5) is 16.2 Å². The summed E-state index contributed by atoms with van der Waals surface area (Å²) < 4.78 is 0. The number of rotatable bonds is 5. The van der Waals surface area contributed by atoms with E-state index in [1.807, 2.05) is 31.3 Å². The summed E-state index contributed by atoms with van der Waals surface area (Å²) in [4.78, 5) is 14.1. The lowest BCUT2D eigenvalue weighted by Gasteiger charge is -2.24. The maximum absolute atomic E-state index is 12.0. The second kappa shape index (κ2) is 7.49. The predicted octanol–water partition coefficient (Wildman–Crippen LogP) is 2.81. The average molecular weight is 305 g/mol. The third kappa shape index (κ3) is 4.37. The van der Waals surface area contributed by atoms with E-state index in [2.05, 4.69) is 29.4 Å². The lowest BCUT2D eigenvalue weighted by atomic mass is 10.1. The summed E-state index contributed by atoms with van der Waals surface area (Å²) in [5.74, 6) is 0.184. The van der Waals surface area contributed by atoms with E-state index in [-0.39, 0.29) is 18.1 Å². The molecule has 1 fully saturated rings. The molecule has 1 saturated carbocycles. The number of carbonyl (C=O) groups excluding carboxylic acids is 1. The van der Waals surface area contributed by atoms with Crippen molar-refractivity contribution < 1.29 is 9.90 Å². The fourth-order valence-electron chi connectivity index (χ4n) is 2.76. The second-order valence-electron chi connectivity index (χ2n) is 6.35. The van der Waals surface area contributed by atoms with Gasteiger partial charge in [-0.15, -0.1) is 0 Å². The smallest absolute Gasteiger partial charge is 0.319 e. The molecule has 22 heavy (non-hydrogen) atoms. The molecule has 0 spiro atoms. The van der Waals surface area contributed by atoms with E-state index in [9.17, 15) is 9.90 Å². The third-order valence-corrected chi connectivity index (χ3v) is 4.43. The number of benzene rings is 1. The molecule has 0 aliphatic heterocycles. The fraction of sp³-hybridized carbons (Fsp3) is 0.588. The van der Waals surface area contributed by atoms with Crippen LogP contribution in [0.3, 0.4) is 0 Å². The number of hydrogen-bond donors (Lipinski definition) is 3. The van der Waals surface area contributed by atoms with E-state index in [4.69, 9.17) is 0 Å². The largest absolute Gasteiger partial charge is 0.393 e. The number of urea groups is 1. The van der Waals surface area contributed by atoms with Crippen molar-refractivity contribution in [2.45, 2.75) is 45.3 Å². The van der Waals surface area contributed by atoms with Crippen LogP contribution in [0.1, 0.15) is 33.1 Å². The number of nitrogens with one attached hydrogen (secondary N) is 2. The van der Waals surface area contributed by atoms with E-state index in [0.717, 1.165) is 30.6 Å². The Kier molecular flexibility index (Phi) is 5.66. The molecule has 1 aliphatic carbocycles. The highest BCUT2D eigenvalue weighted by atomic mass is 16.3. The van der Waals surface area contributed by atoms with Crippen molar-refractivity contribution in [3.8, 4) is 0 Å². The number of nitrogens with zero attached hydrogens (tertiary/aromatic N) is 1. The van der Waals surface area contributed by atoms with Gasteiger partial charge in [-0.05, 0) is 44.9 Å². The molecule has 3 N–H and O–H groups in total. The van der Waals surface area contributed by atoms with Crippen molar-refractivity contribution in [2.75, 3.05) is 23.8 Å². The van der Waals surface area contributed by atoms with Gasteiger partial charge in [0.2, 0.25) is 0 Å². The van der Waals surface area contributed by atoms with Gasteiger partial charge in [0.05, 0.1) is 6.10 Å². The van der Waals surface area contributed by atoms with Crippen LogP contribution in [0.25, 0.3) is 0 Å². The van der Waals surface area contributed by atoms with E-state index >= 15 is 0 Å². The first-order chi connectivity index (χ1) is 10.5. The third-order valence-electron chi connectivity index (χ3n) is 4.43. The number of aliphatic hydroxyl groups excluding tert-OH is 1. The quantitative estimate of drug-likeness (QED) is 0.784. The van der Waals surface area contributed by atoms with Crippen molar-refractivity contribution in [3.05, 3.63) is 24.3 Å². The molecule has 2 atom stereocenters. The van der Waals surface area contributed by atoms with E-state index in [1.54, 1.807) is 0 Å². The monoisotopic (exact) mass is 305 g/mol. The van der Waals surface area contributed by atoms with Crippen LogP contribution in [0.15, 0.2) is 24.3 Å². The van der Waals surface area contributed by atoms with Crippen LogP contribution in [0, 0.1) is 5.92 Å². The zero-order valence-electron chi connectivity index (χ0n) is 13.7. The number of carbonyl (C=O) groups is 1. The van der Waals surface area contributed by atoms with Crippen molar-refractivity contribution in [2.24, 2.45) is 5.92 Å². The Balaban J connectivity index is 1.87. The van der Waals surface area contributed by atoms with Crippen molar-refractivity contribution >= 4 is 17.4 Å². The minimum absolute atomic E-state index is 0.184. The Morgan fingerprint density at radius 1 is 1.41 bits per heavy atom. The first-order valence-electron chi connectivity index (χ1n) is 8.03. The molecule has 2 amide bonds. The minimum Gasteiger partial charge on any atom is -0.393 e. The van der Waals surface area contributed by atoms with E-state index in [0.29, 0.717) is 12.6 Å². The molecule has 1 aromatic rings. The second-order valence-corrected chi connectivity index (χ2v) is 6.35. The highest BCUT2D eigenvalue weighted by Gasteiger charge is 2.25. The van der Waals surface area contributed by atoms with Gasteiger partial charge in [-0.2, -0.15) is 0 Å². The molecule has 0 unspecified atom stereocenters. The molecule has 5 nitrogen and oxygen atoms in total. The van der Waals surface area contributed by atoms with Gasteiger partial charge in [0.15, 0.2) is 0 Å². The summed E-state index contributed by atoms with van der Waals surface area (Å²) in [5, 5.41) is 15.5. The lowest BCUT2D eigenvalue weighted by Crippen LogP contribution is -2.35. The normalized spacial score (nSPS) is 21.0. The van der Waals surface area contributed by atoms with Gasteiger partial charge in [0.25, 0.3) is 0 Å². The summed E-state index contributed by atoms with van der Waals surface area (Å²) in [6.07, 6.45) is 2.59. The summed E-state index contributed by atoms with van der Waals surface area (Å²) in [5.41, 5.74) is 1.84. The highest BCUT2D eigenvalue weighted by molar-refractivity contribution is 5.89. The first kappa shape index (κ1) is 16.6. The molecule has 0 radical (unpaired) electrons. The van der Waals surface area contributed by atoms with Crippen molar-refractivity contribution in [1.29, 1.82) is 0 Å². The number of amides is 2. The van der Waals surface area contributed by atoms with Crippen molar-refractivity contribution in [3.63, 3.8) is 0 Å². The van der Waals surface area contributed by atoms with Gasteiger partial charge in [-0.1, -0.05) is 12.5 Å². The molecule has 0 heterocycles. The zero-order valence-corrected chi connectivity index (χ0v) is 13.7. The predicted molar refractivity (Wildman–Crippen MR) is 90.4 cm³/mol. The first-order valence-corrected chi connectivity index (χ1v) is 8.03. The number of anilines is 2. The van der Waals surface area contributed by atoms with Crippen LogP contribution >= 0.6 is 0 Å². The molecule has 0 saturated heterocycles. The van der Waals surface area contributed by atoms with Gasteiger partial charge in [-0.25, -0.2) is 4.79 Å². The lowest BCUT2D eigenvalue weighted by molar-refractivity contribution is 0.133. The Morgan fingerprint density at radius 3 is 2.82 bits per heavy atom. The molecule has 2 rings (SSSR count). The maximum Gasteiger partial charge on any atom is 0.319 e. The van der Waals surface area contributed by atoms with Gasteiger partial charge in [-0.3, -0.25) is 0 Å². The van der Waals surface area contributed by atoms with Gasteiger partial charge >= 0.3 is 6.03 Å². The highest BCUT2D eigenvalue weighted by Crippen LogP contribution is 2.24. The number of hydrogen-bond acceptors (Lipinski definition) is 3. The van der Waals surface area contributed by atoms with Crippen LogP contribution in [0.5, 0.6) is 0 Å². The molecule has 0 aromatic heterocycles. The van der Waals surface area contributed by atoms with Gasteiger partial charge < -0.3 is 20.6 Å². The van der Waals surface area contributed by atoms with Gasteiger partial charge in [0.1, 0.15) is 0 Å². The Hall–Kier alpha value is -1.75. The van der Waals surface area contributed by atoms with Crippen molar-refractivity contribution in [1.82, 2.24) is 5.32 Å². The Bertz CT molecular complexity index is 504. The minimum atomic E-state index is -0.275. The molecule has 122 valence electrons. The van der Waals surface area contributed by atoms with E-state index in [1.165, 1.54) is 0 Å². The molecule has 1 aromatic carbocycles. The summed E-state index contributed by atoms with van der Waals surface area (Å²) in [7, 11) is 2.03. The van der Waals surface area contributed by atoms with Crippen LogP contribution in [-0.2, 0) is 0 Å². The molecule has 1 aliphatic rings. The average Bonchev–Trinajstić information content (AvgIpc) is 2.90. The fourth-order valence-corrected chi connectivity index (χ4v) is 2.76. The molecule has 5 heteroatoms.